The number of aliphatic hydroxyl groups excluding tert-OH is 1. The number of thioether (sulfide) groups is 1. The second-order valence-electron chi connectivity index (χ2n) is 4.95. The van der Waals surface area contributed by atoms with Crippen LogP contribution < -0.4 is 10.6 Å². The van der Waals surface area contributed by atoms with Gasteiger partial charge in [-0.15, -0.1) is 11.8 Å². The van der Waals surface area contributed by atoms with Crippen molar-refractivity contribution in [3.63, 3.8) is 0 Å². The first-order chi connectivity index (χ1) is 11.1. The number of rotatable bonds is 6. The van der Waals surface area contributed by atoms with E-state index in [4.69, 9.17) is 5.11 Å². The van der Waals surface area contributed by atoms with Crippen LogP contribution in [0.5, 0.6) is 0 Å². The van der Waals surface area contributed by atoms with Gasteiger partial charge in [0.05, 0.1) is 6.61 Å². The molecule has 23 heavy (non-hydrogen) atoms. The molecule has 2 amide bonds. The van der Waals surface area contributed by atoms with Gasteiger partial charge in [0.25, 0.3) is 0 Å². The molecule has 0 aliphatic carbocycles. The predicted molar refractivity (Wildman–Crippen MR) is 91.3 cm³/mol. The number of urea groups is 1. The van der Waals surface area contributed by atoms with Gasteiger partial charge < -0.3 is 15.7 Å². The van der Waals surface area contributed by atoms with Crippen molar-refractivity contribution in [1.82, 2.24) is 5.32 Å². The monoisotopic (exact) mass is 334 g/mol. The molecule has 0 bridgehead atoms. The normalized spacial score (nSPS) is 10.4. The van der Waals surface area contributed by atoms with Crippen molar-refractivity contribution >= 4 is 23.5 Å². The van der Waals surface area contributed by atoms with Crippen LogP contribution in [0.4, 0.5) is 14.9 Å². The van der Waals surface area contributed by atoms with Gasteiger partial charge in [0.15, 0.2) is 0 Å². The van der Waals surface area contributed by atoms with E-state index in [2.05, 4.69) is 10.6 Å². The topological polar surface area (TPSA) is 61.4 Å². The number of hydrogen-bond acceptors (Lipinski definition) is 3. The molecule has 0 radical (unpaired) electrons. The number of aliphatic hydroxyl groups is 1. The maximum Gasteiger partial charge on any atom is 0.319 e. The molecule has 2 aromatic carbocycles. The number of nitrogens with one attached hydrogen (secondary N) is 2. The molecule has 0 aliphatic rings. The van der Waals surface area contributed by atoms with E-state index >= 15 is 0 Å². The summed E-state index contributed by atoms with van der Waals surface area (Å²) in [4.78, 5) is 12.3. The van der Waals surface area contributed by atoms with Crippen LogP contribution in [0.15, 0.2) is 47.4 Å². The van der Waals surface area contributed by atoms with E-state index < -0.39 is 0 Å². The molecule has 2 rings (SSSR count). The fourth-order valence-electron chi connectivity index (χ4n) is 2.05. The Labute approximate surface area is 139 Å². The Bertz CT molecular complexity index is 662. The van der Waals surface area contributed by atoms with Gasteiger partial charge in [0.2, 0.25) is 0 Å². The average molecular weight is 334 g/mol. The number of amides is 2. The van der Waals surface area contributed by atoms with Crippen LogP contribution in [0.1, 0.15) is 11.1 Å². The second-order valence-corrected chi connectivity index (χ2v) is 5.80. The molecule has 6 heteroatoms. The molecule has 0 unspecified atom stereocenters. The Morgan fingerprint density at radius 3 is 2.48 bits per heavy atom. The predicted octanol–water partition coefficient (Wildman–Crippen LogP) is 3.40. The largest absolute Gasteiger partial charge is 0.392 e. The van der Waals surface area contributed by atoms with E-state index in [0.29, 0.717) is 23.5 Å². The number of anilines is 1. The molecule has 0 fully saturated rings. The Kier molecular flexibility index (Phi) is 6.43. The summed E-state index contributed by atoms with van der Waals surface area (Å²) in [6.07, 6.45) is 2.48. The van der Waals surface area contributed by atoms with E-state index in [9.17, 15) is 9.18 Å². The van der Waals surface area contributed by atoms with Crippen molar-refractivity contribution in [2.45, 2.75) is 17.9 Å². The molecule has 0 saturated heterocycles. The molecule has 0 aromatic heterocycles. The van der Waals surface area contributed by atoms with Gasteiger partial charge in [0, 0.05) is 17.1 Å². The van der Waals surface area contributed by atoms with Gasteiger partial charge in [-0.05, 0) is 42.0 Å². The summed E-state index contributed by atoms with van der Waals surface area (Å²) >= 11 is 1.32. The summed E-state index contributed by atoms with van der Waals surface area (Å²) < 4.78 is 13.6. The third-order valence-corrected chi connectivity index (χ3v) is 4.09. The van der Waals surface area contributed by atoms with Gasteiger partial charge in [-0.2, -0.15) is 0 Å². The first-order valence-corrected chi connectivity index (χ1v) is 8.42. The fraction of sp³-hybridized carbons (Fsp3) is 0.235. The highest BCUT2D eigenvalue weighted by Crippen LogP contribution is 2.22. The molecule has 0 atom stereocenters. The van der Waals surface area contributed by atoms with Crippen LogP contribution >= 0.6 is 11.8 Å². The van der Waals surface area contributed by atoms with Crippen LogP contribution in [0.2, 0.25) is 0 Å². The van der Waals surface area contributed by atoms with Crippen molar-refractivity contribution in [2.75, 3.05) is 18.1 Å². The average Bonchev–Trinajstić information content (AvgIpc) is 2.55. The molecular formula is C17H19FN2O2S. The Morgan fingerprint density at radius 2 is 1.87 bits per heavy atom. The molecule has 0 aliphatic heterocycles. The molecule has 2 aromatic rings. The minimum atomic E-state index is -0.367. The SMILES string of the molecule is CSc1ccc(NC(=O)NCCc2ccc(CO)cc2)cc1F. The summed E-state index contributed by atoms with van der Waals surface area (Å²) in [5.74, 6) is -0.348. The summed E-state index contributed by atoms with van der Waals surface area (Å²) in [7, 11) is 0. The van der Waals surface area contributed by atoms with Crippen molar-refractivity contribution in [1.29, 1.82) is 0 Å². The van der Waals surface area contributed by atoms with Gasteiger partial charge >= 0.3 is 6.03 Å². The van der Waals surface area contributed by atoms with Gasteiger partial charge in [-0.1, -0.05) is 24.3 Å². The summed E-state index contributed by atoms with van der Waals surface area (Å²) in [5, 5.41) is 14.3. The highest BCUT2D eigenvalue weighted by molar-refractivity contribution is 7.98. The van der Waals surface area contributed by atoms with E-state index in [1.807, 2.05) is 24.3 Å². The Morgan fingerprint density at radius 1 is 1.17 bits per heavy atom. The lowest BCUT2D eigenvalue weighted by molar-refractivity contribution is 0.252. The summed E-state index contributed by atoms with van der Waals surface area (Å²) in [6, 6.07) is 11.8. The summed E-state index contributed by atoms with van der Waals surface area (Å²) in [6.45, 7) is 0.489. The minimum absolute atomic E-state index is 0.0207. The van der Waals surface area contributed by atoms with E-state index in [1.54, 1.807) is 18.4 Å². The Balaban J connectivity index is 1.79. The van der Waals surface area contributed by atoms with Crippen LogP contribution in [0, 0.1) is 5.82 Å². The smallest absolute Gasteiger partial charge is 0.319 e. The maximum absolute atomic E-state index is 13.6. The zero-order valence-corrected chi connectivity index (χ0v) is 13.6. The van der Waals surface area contributed by atoms with E-state index in [0.717, 1.165) is 11.1 Å². The first-order valence-electron chi connectivity index (χ1n) is 7.19. The molecule has 0 heterocycles. The van der Waals surface area contributed by atoms with Crippen molar-refractivity contribution < 1.29 is 14.3 Å². The lowest BCUT2D eigenvalue weighted by Crippen LogP contribution is -2.30. The van der Waals surface area contributed by atoms with Crippen molar-refractivity contribution in [3.05, 3.63) is 59.4 Å². The Hall–Kier alpha value is -2.05. The first kappa shape index (κ1) is 17.3. The molecule has 122 valence electrons. The molecule has 0 spiro atoms. The molecular weight excluding hydrogens is 315 g/mol. The third-order valence-electron chi connectivity index (χ3n) is 3.31. The molecule has 3 N–H and O–H groups in total. The highest BCUT2D eigenvalue weighted by atomic mass is 32.2. The maximum atomic E-state index is 13.6. The highest BCUT2D eigenvalue weighted by Gasteiger charge is 2.05. The van der Waals surface area contributed by atoms with Gasteiger partial charge in [-0.25, -0.2) is 9.18 Å². The van der Waals surface area contributed by atoms with Crippen LogP contribution in [0.25, 0.3) is 0 Å². The quantitative estimate of drug-likeness (QED) is 0.710. The van der Waals surface area contributed by atoms with Crippen LogP contribution in [0.3, 0.4) is 0 Å². The van der Waals surface area contributed by atoms with Gasteiger partial charge in [-0.3, -0.25) is 0 Å². The number of carbonyl (C=O) groups excluding carboxylic acids is 1. The molecule has 4 nitrogen and oxygen atoms in total. The van der Waals surface area contributed by atoms with E-state index in [1.165, 1.54) is 17.8 Å². The van der Waals surface area contributed by atoms with Crippen LogP contribution in [-0.2, 0) is 13.0 Å². The van der Waals surface area contributed by atoms with Crippen LogP contribution in [-0.4, -0.2) is 23.9 Å². The third kappa shape index (κ3) is 5.26. The number of hydrogen-bond donors (Lipinski definition) is 3. The van der Waals surface area contributed by atoms with Crippen molar-refractivity contribution in [3.8, 4) is 0 Å². The zero-order chi connectivity index (χ0) is 16.7. The van der Waals surface area contributed by atoms with Crippen molar-refractivity contribution in [2.24, 2.45) is 0 Å². The van der Waals surface area contributed by atoms with Gasteiger partial charge in [0.1, 0.15) is 5.82 Å². The molecule has 0 saturated carbocycles. The fourth-order valence-corrected chi connectivity index (χ4v) is 2.51. The summed E-state index contributed by atoms with van der Waals surface area (Å²) in [5.41, 5.74) is 2.35. The number of benzene rings is 2. The second kappa shape index (κ2) is 8.55. The number of halogens is 1. The van der Waals surface area contributed by atoms with E-state index in [-0.39, 0.29) is 18.5 Å². The lowest BCUT2D eigenvalue weighted by atomic mass is 10.1. The standard InChI is InChI=1S/C17H19FN2O2S/c1-23-16-7-6-14(10-15(16)18)20-17(22)19-9-8-12-2-4-13(11-21)5-3-12/h2-7,10,21H,8-9,11H2,1H3,(H2,19,20,22). The number of carbonyl (C=O) groups is 1. The lowest BCUT2D eigenvalue weighted by Gasteiger charge is -2.09. The minimum Gasteiger partial charge on any atom is -0.392 e. The zero-order valence-electron chi connectivity index (χ0n) is 12.8.